The van der Waals surface area contributed by atoms with Crippen LogP contribution in [0, 0.1) is 19.8 Å². The lowest BCUT2D eigenvalue weighted by molar-refractivity contribution is -0.133. The van der Waals surface area contributed by atoms with Gasteiger partial charge in [-0.15, -0.1) is 0 Å². The molecule has 0 saturated heterocycles. The summed E-state index contributed by atoms with van der Waals surface area (Å²) in [6.07, 6.45) is 7.96. The highest BCUT2D eigenvalue weighted by Crippen LogP contribution is 2.27. The van der Waals surface area contributed by atoms with Crippen molar-refractivity contribution in [2.75, 3.05) is 13.1 Å². The summed E-state index contributed by atoms with van der Waals surface area (Å²) in [7, 11) is 0. The van der Waals surface area contributed by atoms with Crippen LogP contribution in [0.15, 0.2) is 17.1 Å². The van der Waals surface area contributed by atoms with Crippen molar-refractivity contribution in [2.24, 2.45) is 39.6 Å². The number of rotatable bonds is 19. The number of carbonyl (C=O) groups excluding carboxylic acids is 4. The van der Waals surface area contributed by atoms with Crippen LogP contribution in [-0.2, 0) is 25.6 Å². The van der Waals surface area contributed by atoms with Crippen molar-refractivity contribution in [3.05, 3.63) is 28.8 Å². The van der Waals surface area contributed by atoms with Crippen LogP contribution in [0.2, 0.25) is 0 Å². The molecule has 0 spiro atoms. The Morgan fingerprint density at radius 2 is 1.43 bits per heavy atom. The van der Waals surface area contributed by atoms with Gasteiger partial charge in [-0.2, -0.15) is 0 Å². The van der Waals surface area contributed by atoms with Crippen molar-refractivity contribution in [1.29, 1.82) is 0 Å². The van der Waals surface area contributed by atoms with Gasteiger partial charge >= 0.3 is 0 Å². The minimum Gasteiger partial charge on any atom is -0.508 e. The van der Waals surface area contributed by atoms with E-state index in [-0.39, 0.29) is 36.9 Å². The van der Waals surface area contributed by atoms with Crippen LogP contribution in [-0.4, -0.2) is 72.0 Å². The molecule has 1 aromatic carbocycles. The van der Waals surface area contributed by atoms with Gasteiger partial charge in [0.1, 0.15) is 23.9 Å². The number of hydrogen-bond acceptors (Lipinski definition) is 8. The van der Waals surface area contributed by atoms with E-state index in [2.05, 4.69) is 20.9 Å². The summed E-state index contributed by atoms with van der Waals surface area (Å²) < 4.78 is 0. The second-order valence-corrected chi connectivity index (χ2v) is 12.4. The molecule has 14 heteroatoms. The molecule has 4 atom stereocenters. The smallest absolute Gasteiger partial charge is 0.243 e. The zero-order chi connectivity index (χ0) is 34.2. The van der Waals surface area contributed by atoms with Crippen molar-refractivity contribution in [2.45, 2.75) is 115 Å². The number of nitrogens with one attached hydrogen (secondary N) is 3. The zero-order valence-electron chi connectivity index (χ0n) is 27.4. The van der Waals surface area contributed by atoms with Gasteiger partial charge in [0.15, 0.2) is 5.96 Å². The van der Waals surface area contributed by atoms with E-state index < -0.39 is 47.8 Å². The third kappa shape index (κ3) is 13.2. The molecule has 14 nitrogen and oxygen atoms in total. The van der Waals surface area contributed by atoms with E-state index in [1.807, 2.05) is 0 Å². The number of primary amides is 1. The monoisotopic (exact) mass is 645 g/mol. The number of aliphatic imine (C=N–C) groups is 1. The molecule has 4 amide bonds. The minimum absolute atomic E-state index is 0.0596. The summed E-state index contributed by atoms with van der Waals surface area (Å²) in [5, 5.41) is 18.4. The lowest BCUT2D eigenvalue weighted by Gasteiger charge is -2.28. The maximum Gasteiger partial charge on any atom is 0.243 e. The van der Waals surface area contributed by atoms with Crippen molar-refractivity contribution in [3.8, 4) is 5.75 Å². The van der Waals surface area contributed by atoms with E-state index in [1.165, 1.54) is 0 Å². The largest absolute Gasteiger partial charge is 0.508 e. The number of amides is 4. The summed E-state index contributed by atoms with van der Waals surface area (Å²) in [5.41, 5.74) is 30.4. The van der Waals surface area contributed by atoms with E-state index in [4.69, 9.17) is 28.7 Å². The molecule has 14 N–H and O–H groups in total. The first-order valence-electron chi connectivity index (χ1n) is 16.3. The normalized spacial score (nSPS) is 16.0. The van der Waals surface area contributed by atoms with E-state index >= 15 is 0 Å². The van der Waals surface area contributed by atoms with Crippen molar-refractivity contribution in [1.82, 2.24) is 16.0 Å². The fraction of sp³-hybridized carbons (Fsp3) is 0.656. The number of unbranched alkanes of at least 4 members (excludes halogenated alkanes) is 1. The highest BCUT2D eigenvalue weighted by Gasteiger charge is 2.31. The molecule has 0 radical (unpaired) electrons. The topological polar surface area (TPSA) is 267 Å². The molecule has 1 saturated carbocycles. The van der Waals surface area contributed by atoms with Gasteiger partial charge < -0.3 is 49.7 Å². The number of aromatic hydroxyl groups is 1. The third-order valence-electron chi connectivity index (χ3n) is 8.56. The van der Waals surface area contributed by atoms with Gasteiger partial charge in [0, 0.05) is 13.0 Å². The Morgan fingerprint density at radius 1 is 0.848 bits per heavy atom. The molecule has 258 valence electrons. The molecular formula is C32H55N9O5. The van der Waals surface area contributed by atoms with Gasteiger partial charge in [-0.3, -0.25) is 24.2 Å². The number of phenolic OH excluding ortho intramolecular Hbond substituents is 1. The number of guanidine groups is 1. The maximum atomic E-state index is 13.9. The molecule has 1 aliphatic rings. The molecule has 1 aromatic rings. The summed E-state index contributed by atoms with van der Waals surface area (Å²) >= 11 is 0. The van der Waals surface area contributed by atoms with Gasteiger partial charge in [-0.05, 0) is 93.7 Å². The lowest BCUT2D eigenvalue weighted by atomic mass is 9.84. The van der Waals surface area contributed by atoms with Crippen LogP contribution < -0.4 is 44.6 Å². The Kier molecular flexibility index (Phi) is 16.3. The second-order valence-electron chi connectivity index (χ2n) is 12.4. The van der Waals surface area contributed by atoms with Gasteiger partial charge in [-0.1, -0.05) is 32.1 Å². The number of carbonyl (C=O) groups is 4. The van der Waals surface area contributed by atoms with Gasteiger partial charge in [0.2, 0.25) is 23.6 Å². The molecule has 1 aliphatic carbocycles. The number of nitrogens with zero attached hydrogens (tertiary/aromatic N) is 1. The Bertz CT molecular complexity index is 1180. The quantitative estimate of drug-likeness (QED) is 0.0554. The molecule has 0 heterocycles. The predicted molar refractivity (Wildman–Crippen MR) is 178 cm³/mol. The zero-order valence-corrected chi connectivity index (χ0v) is 27.4. The number of nitrogens with two attached hydrogens (primary N) is 5. The Morgan fingerprint density at radius 3 is 2.02 bits per heavy atom. The van der Waals surface area contributed by atoms with E-state index in [1.54, 1.807) is 26.0 Å². The maximum absolute atomic E-state index is 13.9. The molecule has 0 aliphatic heterocycles. The van der Waals surface area contributed by atoms with E-state index in [9.17, 15) is 24.3 Å². The average Bonchev–Trinajstić information content (AvgIpc) is 2.99. The number of hydrogen-bond donors (Lipinski definition) is 9. The average molecular weight is 646 g/mol. The number of aryl methyl sites for hydroxylation is 2. The van der Waals surface area contributed by atoms with Crippen LogP contribution in [0.4, 0.5) is 0 Å². The molecular weight excluding hydrogens is 590 g/mol. The summed E-state index contributed by atoms with van der Waals surface area (Å²) in [5.74, 6) is -1.98. The van der Waals surface area contributed by atoms with Crippen LogP contribution >= 0.6 is 0 Å². The first kappa shape index (κ1) is 38.3. The Hall–Kier alpha value is -3.91. The highest BCUT2D eigenvalue weighted by atomic mass is 16.3. The van der Waals surface area contributed by atoms with Crippen molar-refractivity contribution < 1.29 is 24.3 Å². The minimum atomic E-state index is -1.10. The first-order valence-corrected chi connectivity index (χ1v) is 16.3. The van der Waals surface area contributed by atoms with Gasteiger partial charge in [-0.25, -0.2) is 0 Å². The molecule has 2 rings (SSSR count). The van der Waals surface area contributed by atoms with Crippen LogP contribution in [0.1, 0.15) is 87.3 Å². The number of benzene rings is 1. The molecule has 0 bridgehead atoms. The molecule has 1 fully saturated rings. The van der Waals surface area contributed by atoms with Gasteiger partial charge in [0.25, 0.3) is 0 Å². The SMILES string of the molecule is Cc1cc(O)cc(C)c1C[C@H](NC(=O)[C@H](N)CCCN=C(N)N)C(=O)N[C@@H](CCCCN)C(=O)N[C@@H](CC1CCCCC1)C(N)=O. The molecule has 0 unspecified atom stereocenters. The summed E-state index contributed by atoms with van der Waals surface area (Å²) in [6, 6.07) is -0.744. The lowest BCUT2D eigenvalue weighted by Crippen LogP contribution is -2.58. The molecule has 46 heavy (non-hydrogen) atoms. The first-order chi connectivity index (χ1) is 21.8. The summed E-state index contributed by atoms with van der Waals surface area (Å²) in [6.45, 7) is 4.31. The standard InChI is InChI=1S/C32H55N9O5/c1-19-15-22(42)16-20(2)23(19)18-27(41-29(44)24(34)11-8-14-38-32(36)37)31(46)39-25(12-6-7-13-33)30(45)40-26(28(35)43)17-21-9-4-3-5-10-21/h15-16,21,24-27,42H,3-14,17-18,33-34H2,1-2H3,(H2,35,43)(H,39,46)(H,40,45)(H,41,44)(H4,36,37,38)/t24-,25+,26+,27+/m1/s1. The second kappa shape index (κ2) is 19.6. The van der Waals surface area contributed by atoms with Gasteiger partial charge in [0.05, 0.1) is 6.04 Å². The summed E-state index contributed by atoms with van der Waals surface area (Å²) in [4.78, 5) is 56.8. The van der Waals surface area contributed by atoms with Crippen LogP contribution in [0.5, 0.6) is 5.75 Å². The third-order valence-corrected chi connectivity index (χ3v) is 8.56. The Balaban J connectivity index is 2.27. The van der Waals surface area contributed by atoms with Crippen LogP contribution in [0.3, 0.4) is 0 Å². The Labute approximate surface area is 272 Å². The van der Waals surface area contributed by atoms with E-state index in [0.29, 0.717) is 38.8 Å². The predicted octanol–water partition coefficient (Wildman–Crippen LogP) is -0.0285. The van der Waals surface area contributed by atoms with Crippen molar-refractivity contribution in [3.63, 3.8) is 0 Å². The highest BCUT2D eigenvalue weighted by molar-refractivity contribution is 5.94. The van der Waals surface area contributed by atoms with Crippen molar-refractivity contribution >= 4 is 29.6 Å². The van der Waals surface area contributed by atoms with Crippen LogP contribution in [0.25, 0.3) is 0 Å². The fourth-order valence-corrected chi connectivity index (χ4v) is 5.94. The fourth-order valence-electron chi connectivity index (χ4n) is 5.94. The van der Waals surface area contributed by atoms with E-state index in [0.717, 1.165) is 48.8 Å². The molecule has 0 aromatic heterocycles. The number of phenols is 1.